The van der Waals surface area contributed by atoms with Crippen LogP contribution in [0.25, 0.3) is 0 Å². The van der Waals surface area contributed by atoms with E-state index < -0.39 is 0 Å². The lowest BCUT2D eigenvalue weighted by Crippen LogP contribution is -2.36. The van der Waals surface area contributed by atoms with Crippen LogP contribution in [0.4, 0.5) is 5.69 Å². The summed E-state index contributed by atoms with van der Waals surface area (Å²) in [6.45, 7) is 4.88. The molecule has 0 bridgehead atoms. The van der Waals surface area contributed by atoms with Gasteiger partial charge in [0.05, 0.1) is 11.3 Å². The Morgan fingerprint density at radius 3 is 2.71 bits per heavy atom. The molecule has 0 amide bonds. The molecule has 1 saturated heterocycles. The minimum absolute atomic E-state index is 0.654. The summed E-state index contributed by atoms with van der Waals surface area (Å²) in [4.78, 5) is 2.32. The van der Waals surface area contributed by atoms with Crippen molar-refractivity contribution in [3.63, 3.8) is 0 Å². The molecular formula is C14H19N3. The SMILES string of the molecule is Cc1ccc(C#N)c(N2CCC(CN)CC2)c1. The summed E-state index contributed by atoms with van der Waals surface area (Å²) in [6, 6.07) is 8.30. The zero-order valence-corrected chi connectivity index (χ0v) is 10.3. The first-order valence-corrected chi connectivity index (χ1v) is 6.20. The van der Waals surface area contributed by atoms with Crippen LogP contribution in [0.15, 0.2) is 18.2 Å². The smallest absolute Gasteiger partial charge is 0.101 e. The molecule has 1 aromatic carbocycles. The predicted octanol–water partition coefficient (Wildman–Crippen LogP) is 2.04. The molecule has 0 aromatic heterocycles. The van der Waals surface area contributed by atoms with E-state index >= 15 is 0 Å². The van der Waals surface area contributed by atoms with Crippen molar-refractivity contribution in [1.29, 1.82) is 5.26 Å². The van der Waals surface area contributed by atoms with E-state index in [9.17, 15) is 0 Å². The third-order valence-corrected chi connectivity index (χ3v) is 3.56. The van der Waals surface area contributed by atoms with Crippen LogP contribution in [-0.4, -0.2) is 19.6 Å². The summed E-state index contributed by atoms with van der Waals surface area (Å²) >= 11 is 0. The van der Waals surface area contributed by atoms with Crippen LogP contribution in [0.2, 0.25) is 0 Å². The summed E-state index contributed by atoms with van der Waals surface area (Å²) in [6.07, 6.45) is 2.27. The van der Waals surface area contributed by atoms with Crippen LogP contribution in [0.3, 0.4) is 0 Å². The number of hydrogen-bond acceptors (Lipinski definition) is 3. The van der Waals surface area contributed by atoms with Gasteiger partial charge in [0.25, 0.3) is 0 Å². The van der Waals surface area contributed by atoms with Gasteiger partial charge in [0.2, 0.25) is 0 Å². The minimum atomic E-state index is 0.654. The Kier molecular flexibility index (Phi) is 3.65. The maximum atomic E-state index is 9.14. The van der Waals surface area contributed by atoms with Crippen molar-refractivity contribution in [2.75, 3.05) is 24.5 Å². The molecule has 0 aliphatic carbocycles. The average Bonchev–Trinajstić information content (AvgIpc) is 2.39. The molecule has 1 fully saturated rings. The summed E-state index contributed by atoms with van der Waals surface area (Å²) < 4.78 is 0. The standard InChI is InChI=1S/C14H19N3/c1-11-2-3-13(10-16)14(8-11)17-6-4-12(9-15)5-7-17/h2-3,8,12H,4-7,9,15H2,1H3. The Morgan fingerprint density at radius 1 is 1.41 bits per heavy atom. The van der Waals surface area contributed by atoms with Crippen molar-refractivity contribution in [2.24, 2.45) is 11.7 Å². The van der Waals surface area contributed by atoms with Crippen molar-refractivity contribution in [3.8, 4) is 6.07 Å². The molecule has 0 spiro atoms. The first-order chi connectivity index (χ1) is 8.24. The Bertz CT molecular complexity index is 426. The maximum absolute atomic E-state index is 9.14. The average molecular weight is 229 g/mol. The molecule has 0 radical (unpaired) electrons. The molecular weight excluding hydrogens is 210 g/mol. The minimum Gasteiger partial charge on any atom is -0.370 e. The second kappa shape index (κ2) is 5.20. The number of rotatable bonds is 2. The molecule has 0 unspecified atom stereocenters. The van der Waals surface area contributed by atoms with Crippen LogP contribution >= 0.6 is 0 Å². The van der Waals surface area contributed by atoms with E-state index in [1.807, 2.05) is 12.1 Å². The Balaban J connectivity index is 2.18. The summed E-state index contributed by atoms with van der Waals surface area (Å²) in [5, 5.41) is 9.14. The molecule has 2 N–H and O–H groups in total. The van der Waals surface area contributed by atoms with E-state index in [2.05, 4.69) is 24.0 Å². The first-order valence-electron chi connectivity index (χ1n) is 6.20. The van der Waals surface area contributed by atoms with Gasteiger partial charge in [-0.3, -0.25) is 0 Å². The van der Waals surface area contributed by atoms with Crippen LogP contribution in [0, 0.1) is 24.2 Å². The Labute approximate surface area is 103 Å². The van der Waals surface area contributed by atoms with Gasteiger partial charge < -0.3 is 10.6 Å². The number of nitrogens with two attached hydrogens (primary N) is 1. The van der Waals surface area contributed by atoms with Gasteiger partial charge in [0.1, 0.15) is 6.07 Å². The summed E-state index contributed by atoms with van der Waals surface area (Å²) in [5.74, 6) is 0.654. The molecule has 0 saturated carbocycles. The van der Waals surface area contributed by atoms with E-state index in [-0.39, 0.29) is 0 Å². The molecule has 2 rings (SSSR count). The molecule has 1 aromatic rings. The number of piperidine rings is 1. The van der Waals surface area contributed by atoms with Gasteiger partial charge in [0, 0.05) is 13.1 Å². The molecule has 1 heterocycles. The quantitative estimate of drug-likeness (QED) is 0.844. The fraction of sp³-hybridized carbons (Fsp3) is 0.500. The van der Waals surface area contributed by atoms with Crippen LogP contribution in [-0.2, 0) is 0 Å². The van der Waals surface area contributed by atoms with E-state index in [4.69, 9.17) is 11.0 Å². The fourth-order valence-electron chi connectivity index (χ4n) is 2.41. The highest BCUT2D eigenvalue weighted by atomic mass is 15.1. The van der Waals surface area contributed by atoms with Gasteiger partial charge in [-0.1, -0.05) is 6.07 Å². The van der Waals surface area contributed by atoms with E-state index in [0.717, 1.165) is 43.7 Å². The van der Waals surface area contributed by atoms with Gasteiger partial charge >= 0.3 is 0 Å². The third-order valence-electron chi connectivity index (χ3n) is 3.56. The molecule has 3 heteroatoms. The number of anilines is 1. The van der Waals surface area contributed by atoms with E-state index in [1.54, 1.807) is 0 Å². The molecule has 0 atom stereocenters. The number of nitriles is 1. The second-order valence-corrected chi connectivity index (χ2v) is 4.80. The van der Waals surface area contributed by atoms with Crippen LogP contribution < -0.4 is 10.6 Å². The Hall–Kier alpha value is -1.53. The van der Waals surface area contributed by atoms with E-state index in [1.165, 1.54) is 5.56 Å². The molecule has 3 nitrogen and oxygen atoms in total. The van der Waals surface area contributed by atoms with Gasteiger partial charge in [-0.05, 0) is 49.9 Å². The van der Waals surface area contributed by atoms with Crippen molar-refractivity contribution in [3.05, 3.63) is 29.3 Å². The third kappa shape index (κ3) is 2.59. The van der Waals surface area contributed by atoms with Crippen molar-refractivity contribution in [2.45, 2.75) is 19.8 Å². The van der Waals surface area contributed by atoms with E-state index in [0.29, 0.717) is 5.92 Å². The molecule has 1 aliphatic heterocycles. The zero-order valence-electron chi connectivity index (χ0n) is 10.3. The highest BCUT2D eigenvalue weighted by Gasteiger charge is 2.20. The largest absolute Gasteiger partial charge is 0.370 e. The topological polar surface area (TPSA) is 53.0 Å². The number of nitrogens with zero attached hydrogens (tertiary/aromatic N) is 2. The van der Waals surface area contributed by atoms with Gasteiger partial charge in [-0.25, -0.2) is 0 Å². The highest BCUT2D eigenvalue weighted by Crippen LogP contribution is 2.26. The normalized spacial score (nSPS) is 16.9. The number of aryl methyl sites for hydroxylation is 1. The zero-order chi connectivity index (χ0) is 12.3. The molecule has 90 valence electrons. The molecule has 1 aliphatic rings. The maximum Gasteiger partial charge on any atom is 0.101 e. The number of hydrogen-bond donors (Lipinski definition) is 1. The summed E-state index contributed by atoms with van der Waals surface area (Å²) in [7, 11) is 0. The van der Waals surface area contributed by atoms with Crippen LogP contribution in [0.5, 0.6) is 0 Å². The Morgan fingerprint density at radius 2 is 2.12 bits per heavy atom. The van der Waals surface area contributed by atoms with Crippen molar-refractivity contribution >= 4 is 5.69 Å². The van der Waals surface area contributed by atoms with Crippen LogP contribution in [0.1, 0.15) is 24.0 Å². The molecule has 17 heavy (non-hydrogen) atoms. The van der Waals surface area contributed by atoms with Crippen molar-refractivity contribution < 1.29 is 0 Å². The lowest BCUT2D eigenvalue weighted by atomic mass is 9.96. The predicted molar refractivity (Wildman–Crippen MR) is 69.9 cm³/mol. The monoisotopic (exact) mass is 229 g/mol. The summed E-state index contributed by atoms with van der Waals surface area (Å²) in [5.41, 5.74) is 8.77. The number of benzene rings is 1. The van der Waals surface area contributed by atoms with Gasteiger partial charge in [0.15, 0.2) is 0 Å². The van der Waals surface area contributed by atoms with Crippen molar-refractivity contribution in [1.82, 2.24) is 0 Å². The fourth-order valence-corrected chi connectivity index (χ4v) is 2.41. The van der Waals surface area contributed by atoms with Gasteiger partial charge in [-0.2, -0.15) is 5.26 Å². The lowest BCUT2D eigenvalue weighted by molar-refractivity contribution is 0.414. The lowest BCUT2D eigenvalue weighted by Gasteiger charge is -2.33. The van der Waals surface area contributed by atoms with Gasteiger partial charge in [-0.15, -0.1) is 0 Å². The highest BCUT2D eigenvalue weighted by molar-refractivity contribution is 5.60. The first kappa shape index (κ1) is 11.9. The second-order valence-electron chi connectivity index (χ2n) is 4.80.